The summed E-state index contributed by atoms with van der Waals surface area (Å²) in [5, 5.41) is 5.71. The summed E-state index contributed by atoms with van der Waals surface area (Å²) in [5.41, 5.74) is 1.38. The molecule has 2 N–H and O–H groups in total. The molecule has 0 spiro atoms. The van der Waals surface area contributed by atoms with E-state index in [4.69, 9.17) is 4.74 Å². The Bertz CT molecular complexity index is 731. The van der Waals surface area contributed by atoms with Crippen LogP contribution in [-0.4, -0.2) is 72.7 Å². The van der Waals surface area contributed by atoms with Gasteiger partial charge in [0.1, 0.15) is 0 Å². The Labute approximate surface area is 179 Å². The molecule has 0 bridgehead atoms. The normalized spacial score (nSPS) is 25.7. The molecule has 2 atom stereocenters. The summed E-state index contributed by atoms with van der Waals surface area (Å²) in [4.78, 5) is 29.2. The summed E-state index contributed by atoms with van der Waals surface area (Å²) < 4.78 is 5.83. The van der Waals surface area contributed by atoms with Gasteiger partial charge in [-0.1, -0.05) is 0 Å². The van der Waals surface area contributed by atoms with Gasteiger partial charge < -0.3 is 20.3 Å². The molecule has 2 heterocycles. The molecule has 3 aliphatic rings. The standard InChI is InChI=1S/C23H34N4O3/c1-16-13-26(14-17(2)30-16)15-18-9-11-27(12-10-18)22(28)19-3-5-20(6-4-19)24-23(29)25-21-7-8-21/h3-6,16-18,21H,7-15H2,1-2H3,(H2,24,25,29). The van der Waals surface area contributed by atoms with Gasteiger partial charge in [0.05, 0.1) is 12.2 Å². The van der Waals surface area contributed by atoms with Crippen molar-refractivity contribution in [3.8, 4) is 0 Å². The highest BCUT2D eigenvalue weighted by Gasteiger charge is 2.28. The number of likely N-dealkylation sites (tertiary alicyclic amines) is 1. The molecule has 2 aliphatic heterocycles. The second-order valence-electron chi connectivity index (χ2n) is 9.16. The first kappa shape index (κ1) is 21.1. The number of amides is 3. The van der Waals surface area contributed by atoms with Crippen LogP contribution in [0.5, 0.6) is 0 Å². The van der Waals surface area contributed by atoms with Crippen molar-refractivity contribution in [2.45, 2.75) is 57.8 Å². The molecule has 2 saturated heterocycles. The molecule has 4 rings (SSSR count). The number of ether oxygens (including phenoxy) is 1. The number of rotatable bonds is 5. The summed E-state index contributed by atoms with van der Waals surface area (Å²) in [6, 6.07) is 7.35. The molecule has 7 heteroatoms. The van der Waals surface area contributed by atoms with Crippen molar-refractivity contribution >= 4 is 17.6 Å². The van der Waals surface area contributed by atoms with Crippen LogP contribution in [0.2, 0.25) is 0 Å². The van der Waals surface area contributed by atoms with Gasteiger partial charge in [0, 0.05) is 50.0 Å². The fourth-order valence-electron chi connectivity index (χ4n) is 4.58. The fraction of sp³-hybridized carbons (Fsp3) is 0.652. The lowest BCUT2D eigenvalue weighted by Crippen LogP contribution is -2.48. The minimum atomic E-state index is -0.178. The van der Waals surface area contributed by atoms with Crippen molar-refractivity contribution in [3.63, 3.8) is 0 Å². The highest BCUT2D eigenvalue weighted by atomic mass is 16.5. The van der Waals surface area contributed by atoms with E-state index in [1.165, 1.54) is 0 Å². The zero-order chi connectivity index (χ0) is 21.1. The van der Waals surface area contributed by atoms with Crippen molar-refractivity contribution < 1.29 is 14.3 Å². The van der Waals surface area contributed by atoms with Crippen molar-refractivity contribution in [2.24, 2.45) is 5.92 Å². The molecule has 7 nitrogen and oxygen atoms in total. The predicted molar refractivity (Wildman–Crippen MR) is 117 cm³/mol. The van der Waals surface area contributed by atoms with Crippen molar-refractivity contribution in [1.29, 1.82) is 0 Å². The van der Waals surface area contributed by atoms with E-state index in [1.54, 1.807) is 24.3 Å². The molecule has 2 unspecified atom stereocenters. The molecule has 0 aromatic heterocycles. The summed E-state index contributed by atoms with van der Waals surface area (Å²) >= 11 is 0. The van der Waals surface area contributed by atoms with Crippen molar-refractivity contribution in [3.05, 3.63) is 29.8 Å². The first-order chi connectivity index (χ1) is 14.5. The molecule has 1 aromatic rings. The second kappa shape index (κ2) is 9.35. The quantitative estimate of drug-likeness (QED) is 0.777. The van der Waals surface area contributed by atoms with Gasteiger partial charge in [-0.15, -0.1) is 0 Å². The van der Waals surface area contributed by atoms with Gasteiger partial charge in [-0.2, -0.15) is 0 Å². The number of benzene rings is 1. The van der Waals surface area contributed by atoms with Crippen LogP contribution >= 0.6 is 0 Å². The van der Waals surface area contributed by atoms with Gasteiger partial charge >= 0.3 is 6.03 Å². The third kappa shape index (κ3) is 5.73. The molecule has 1 aliphatic carbocycles. The first-order valence-electron chi connectivity index (χ1n) is 11.3. The van der Waals surface area contributed by atoms with Crippen LogP contribution in [-0.2, 0) is 4.74 Å². The van der Waals surface area contributed by atoms with E-state index < -0.39 is 0 Å². The number of hydrogen-bond acceptors (Lipinski definition) is 4. The van der Waals surface area contributed by atoms with E-state index in [-0.39, 0.29) is 11.9 Å². The topological polar surface area (TPSA) is 73.9 Å². The van der Waals surface area contributed by atoms with Crippen molar-refractivity contribution in [1.82, 2.24) is 15.1 Å². The zero-order valence-corrected chi connectivity index (χ0v) is 18.1. The SMILES string of the molecule is CC1CN(CC2CCN(C(=O)c3ccc(NC(=O)NC4CC4)cc3)CC2)CC(C)O1. The van der Waals surface area contributed by atoms with E-state index in [0.29, 0.717) is 35.4 Å². The highest BCUT2D eigenvalue weighted by Crippen LogP contribution is 2.23. The van der Waals surface area contributed by atoms with Gasteiger partial charge in [-0.25, -0.2) is 4.79 Å². The third-order valence-corrected chi connectivity index (χ3v) is 6.22. The Morgan fingerprint density at radius 2 is 1.63 bits per heavy atom. The van der Waals surface area contributed by atoms with E-state index in [9.17, 15) is 9.59 Å². The summed E-state index contributed by atoms with van der Waals surface area (Å²) in [6.45, 7) is 9.01. The maximum Gasteiger partial charge on any atom is 0.319 e. The lowest BCUT2D eigenvalue weighted by Gasteiger charge is -2.39. The second-order valence-corrected chi connectivity index (χ2v) is 9.16. The Morgan fingerprint density at radius 3 is 2.23 bits per heavy atom. The Morgan fingerprint density at radius 1 is 1.00 bits per heavy atom. The monoisotopic (exact) mass is 414 g/mol. The van der Waals surface area contributed by atoms with E-state index in [1.807, 2.05) is 4.90 Å². The first-order valence-corrected chi connectivity index (χ1v) is 11.3. The molecule has 1 saturated carbocycles. The van der Waals surface area contributed by atoms with Crippen molar-refractivity contribution in [2.75, 3.05) is 38.0 Å². The Balaban J connectivity index is 1.23. The minimum absolute atomic E-state index is 0.0797. The minimum Gasteiger partial charge on any atom is -0.373 e. The molecule has 3 fully saturated rings. The lowest BCUT2D eigenvalue weighted by molar-refractivity contribution is -0.0728. The van der Waals surface area contributed by atoms with Gasteiger partial charge in [0.15, 0.2) is 0 Å². The summed E-state index contributed by atoms with van der Waals surface area (Å²) in [6.07, 6.45) is 4.81. The molecular weight excluding hydrogens is 380 g/mol. The van der Waals surface area contributed by atoms with Gasteiger partial charge in [0.2, 0.25) is 0 Å². The van der Waals surface area contributed by atoms with Crippen LogP contribution in [0.4, 0.5) is 10.5 Å². The van der Waals surface area contributed by atoms with Crippen LogP contribution in [0.15, 0.2) is 24.3 Å². The van der Waals surface area contributed by atoms with Crippen LogP contribution < -0.4 is 10.6 Å². The summed E-state index contributed by atoms with van der Waals surface area (Å²) in [5.74, 6) is 0.721. The van der Waals surface area contributed by atoms with Gasteiger partial charge in [-0.05, 0) is 69.7 Å². The van der Waals surface area contributed by atoms with Gasteiger partial charge in [0.25, 0.3) is 5.91 Å². The average molecular weight is 415 g/mol. The predicted octanol–water partition coefficient (Wildman–Crippen LogP) is 2.93. The summed E-state index contributed by atoms with van der Waals surface area (Å²) in [7, 11) is 0. The molecular formula is C23H34N4O3. The van der Waals surface area contributed by atoms with Gasteiger partial charge in [-0.3, -0.25) is 9.69 Å². The maximum absolute atomic E-state index is 12.9. The number of carbonyl (C=O) groups excluding carboxylic acids is 2. The van der Waals surface area contributed by atoms with E-state index in [0.717, 1.165) is 58.4 Å². The number of piperidine rings is 1. The van der Waals surface area contributed by atoms with Crippen LogP contribution in [0.25, 0.3) is 0 Å². The van der Waals surface area contributed by atoms with Crippen LogP contribution in [0, 0.1) is 5.92 Å². The molecule has 30 heavy (non-hydrogen) atoms. The molecule has 1 aromatic carbocycles. The number of anilines is 1. The Hall–Kier alpha value is -2.12. The smallest absolute Gasteiger partial charge is 0.319 e. The number of hydrogen-bond donors (Lipinski definition) is 2. The highest BCUT2D eigenvalue weighted by molar-refractivity contribution is 5.95. The number of nitrogens with one attached hydrogen (secondary N) is 2. The zero-order valence-electron chi connectivity index (χ0n) is 18.1. The van der Waals surface area contributed by atoms with Crippen LogP contribution in [0.3, 0.4) is 0 Å². The number of urea groups is 1. The number of nitrogens with zero attached hydrogens (tertiary/aromatic N) is 2. The molecule has 3 amide bonds. The fourth-order valence-corrected chi connectivity index (χ4v) is 4.58. The molecule has 164 valence electrons. The number of morpholine rings is 1. The van der Waals surface area contributed by atoms with E-state index >= 15 is 0 Å². The van der Waals surface area contributed by atoms with E-state index in [2.05, 4.69) is 29.4 Å². The average Bonchev–Trinajstić information content (AvgIpc) is 3.52. The largest absolute Gasteiger partial charge is 0.373 e. The third-order valence-electron chi connectivity index (χ3n) is 6.22. The maximum atomic E-state index is 12.9. The Kier molecular flexibility index (Phi) is 6.58. The lowest BCUT2D eigenvalue weighted by atomic mass is 9.95. The van der Waals surface area contributed by atoms with Crippen LogP contribution in [0.1, 0.15) is 49.9 Å². The molecule has 0 radical (unpaired) electrons. The number of carbonyl (C=O) groups is 2.